The molecule has 0 heterocycles. The maximum Gasteiger partial charge on any atom is 0.322 e. The molecule has 4 nitrogen and oxygen atoms in total. The molecule has 4 heteroatoms. The Labute approximate surface area is 195 Å². The summed E-state index contributed by atoms with van der Waals surface area (Å²) in [5.41, 5.74) is 5.11. The van der Waals surface area contributed by atoms with E-state index in [-0.39, 0.29) is 6.03 Å². The Morgan fingerprint density at radius 3 is 1.88 bits per heavy atom. The number of urea groups is 1. The highest BCUT2D eigenvalue weighted by Crippen LogP contribution is 2.19. The number of hydrogen-bond donors (Lipinski definition) is 1. The Balaban J connectivity index is 1.45. The zero-order valence-corrected chi connectivity index (χ0v) is 18.8. The second kappa shape index (κ2) is 11.0. The van der Waals surface area contributed by atoms with Crippen molar-refractivity contribution >= 4 is 11.7 Å². The van der Waals surface area contributed by atoms with Crippen molar-refractivity contribution in [2.75, 3.05) is 5.32 Å². The number of aryl methyl sites for hydroxylation is 1. The lowest BCUT2D eigenvalue weighted by molar-refractivity contribution is 0.206. The summed E-state index contributed by atoms with van der Waals surface area (Å²) in [6.07, 6.45) is 0. The van der Waals surface area contributed by atoms with Gasteiger partial charge in [0.05, 0.1) is 0 Å². The fourth-order valence-corrected chi connectivity index (χ4v) is 3.56. The second-order valence-corrected chi connectivity index (χ2v) is 8.00. The van der Waals surface area contributed by atoms with Crippen LogP contribution in [0, 0.1) is 6.92 Å². The molecule has 2 amide bonds. The minimum absolute atomic E-state index is 0.127. The number of carbonyl (C=O) groups excluding carboxylic acids is 1. The number of amides is 2. The van der Waals surface area contributed by atoms with E-state index >= 15 is 0 Å². The second-order valence-electron chi connectivity index (χ2n) is 8.00. The standard InChI is InChI=1S/C29H28N2O2/c1-23-10-8-9-15-28(23)30-29(32)31(20-24-11-4-2-5-12-24)21-25-16-18-27(19-17-25)33-22-26-13-6-3-7-14-26/h2-19H,20-22H2,1H3,(H,30,32). The van der Waals surface area contributed by atoms with Crippen molar-refractivity contribution in [2.45, 2.75) is 26.6 Å². The molecule has 166 valence electrons. The van der Waals surface area contributed by atoms with Gasteiger partial charge in [0, 0.05) is 18.8 Å². The van der Waals surface area contributed by atoms with E-state index in [9.17, 15) is 4.79 Å². The van der Waals surface area contributed by atoms with Crippen molar-refractivity contribution in [2.24, 2.45) is 0 Å². The van der Waals surface area contributed by atoms with Crippen LogP contribution in [-0.4, -0.2) is 10.9 Å². The number of ether oxygens (including phenoxy) is 1. The third-order valence-corrected chi connectivity index (χ3v) is 5.44. The van der Waals surface area contributed by atoms with E-state index in [4.69, 9.17) is 4.74 Å². The highest BCUT2D eigenvalue weighted by molar-refractivity contribution is 5.90. The van der Waals surface area contributed by atoms with Crippen molar-refractivity contribution < 1.29 is 9.53 Å². The molecule has 0 spiro atoms. The predicted molar refractivity (Wildman–Crippen MR) is 133 cm³/mol. The molecule has 0 aliphatic carbocycles. The molecule has 0 aliphatic rings. The first-order valence-electron chi connectivity index (χ1n) is 11.1. The summed E-state index contributed by atoms with van der Waals surface area (Å²) < 4.78 is 5.89. The topological polar surface area (TPSA) is 41.6 Å². The molecule has 4 aromatic carbocycles. The summed E-state index contributed by atoms with van der Waals surface area (Å²) in [5.74, 6) is 0.807. The van der Waals surface area contributed by atoms with Gasteiger partial charge in [-0.1, -0.05) is 91.0 Å². The molecule has 0 radical (unpaired) electrons. The van der Waals surface area contributed by atoms with Gasteiger partial charge in [-0.15, -0.1) is 0 Å². The van der Waals surface area contributed by atoms with Gasteiger partial charge >= 0.3 is 6.03 Å². The Morgan fingerprint density at radius 1 is 0.697 bits per heavy atom. The van der Waals surface area contributed by atoms with E-state index in [0.29, 0.717) is 19.7 Å². The average Bonchev–Trinajstić information content (AvgIpc) is 2.86. The van der Waals surface area contributed by atoms with Crippen molar-refractivity contribution in [3.8, 4) is 5.75 Å². The zero-order valence-electron chi connectivity index (χ0n) is 18.8. The van der Waals surface area contributed by atoms with Crippen LogP contribution < -0.4 is 10.1 Å². The van der Waals surface area contributed by atoms with Crippen molar-refractivity contribution in [3.05, 3.63) is 131 Å². The molecule has 0 saturated carbocycles. The quantitative estimate of drug-likeness (QED) is 0.330. The lowest BCUT2D eigenvalue weighted by atomic mass is 10.1. The van der Waals surface area contributed by atoms with Gasteiger partial charge in [-0.05, 0) is 47.4 Å². The van der Waals surface area contributed by atoms with Crippen LogP contribution in [0.15, 0.2) is 109 Å². The maximum atomic E-state index is 13.2. The Bertz CT molecular complexity index is 1160. The van der Waals surface area contributed by atoms with Crippen molar-refractivity contribution in [3.63, 3.8) is 0 Å². The van der Waals surface area contributed by atoms with Gasteiger partial charge in [0.2, 0.25) is 0 Å². The van der Waals surface area contributed by atoms with Crippen LogP contribution in [-0.2, 0) is 19.7 Å². The number of para-hydroxylation sites is 1. The van der Waals surface area contributed by atoms with Gasteiger partial charge in [-0.25, -0.2) is 4.79 Å². The molecule has 0 atom stereocenters. The fraction of sp³-hybridized carbons (Fsp3) is 0.138. The number of hydrogen-bond acceptors (Lipinski definition) is 2. The van der Waals surface area contributed by atoms with Gasteiger partial charge in [0.1, 0.15) is 12.4 Å². The summed E-state index contributed by atoms with van der Waals surface area (Å²) >= 11 is 0. The summed E-state index contributed by atoms with van der Waals surface area (Å²) in [6.45, 7) is 3.53. The average molecular weight is 437 g/mol. The molecule has 33 heavy (non-hydrogen) atoms. The highest BCUT2D eigenvalue weighted by Gasteiger charge is 2.16. The normalized spacial score (nSPS) is 10.5. The van der Waals surface area contributed by atoms with Crippen LogP contribution in [0.5, 0.6) is 5.75 Å². The third-order valence-electron chi connectivity index (χ3n) is 5.44. The van der Waals surface area contributed by atoms with Gasteiger partial charge in [-0.3, -0.25) is 0 Å². The number of anilines is 1. The molecule has 4 aromatic rings. The molecular formula is C29H28N2O2. The number of rotatable bonds is 8. The summed E-state index contributed by atoms with van der Waals surface area (Å²) in [4.78, 5) is 15.0. The summed E-state index contributed by atoms with van der Waals surface area (Å²) in [7, 11) is 0. The fourth-order valence-electron chi connectivity index (χ4n) is 3.56. The molecule has 0 aromatic heterocycles. The van der Waals surface area contributed by atoms with Crippen LogP contribution in [0.3, 0.4) is 0 Å². The maximum absolute atomic E-state index is 13.2. The number of nitrogens with zero attached hydrogens (tertiary/aromatic N) is 1. The van der Waals surface area contributed by atoms with E-state index in [1.807, 2.05) is 121 Å². The number of benzene rings is 4. The Morgan fingerprint density at radius 2 is 1.24 bits per heavy atom. The van der Waals surface area contributed by atoms with E-state index in [2.05, 4.69) is 5.32 Å². The number of carbonyl (C=O) groups is 1. The van der Waals surface area contributed by atoms with E-state index in [0.717, 1.165) is 33.7 Å². The third kappa shape index (κ3) is 6.47. The smallest absolute Gasteiger partial charge is 0.322 e. The molecule has 0 fully saturated rings. The number of nitrogens with one attached hydrogen (secondary N) is 1. The Kier molecular flexibility index (Phi) is 7.39. The van der Waals surface area contributed by atoms with Crippen LogP contribution >= 0.6 is 0 Å². The van der Waals surface area contributed by atoms with Crippen molar-refractivity contribution in [1.82, 2.24) is 4.90 Å². The van der Waals surface area contributed by atoms with Gasteiger partial charge in [0.25, 0.3) is 0 Å². The van der Waals surface area contributed by atoms with Gasteiger partial charge < -0.3 is 15.0 Å². The van der Waals surface area contributed by atoms with Gasteiger partial charge in [-0.2, -0.15) is 0 Å². The minimum atomic E-state index is -0.127. The lowest BCUT2D eigenvalue weighted by Crippen LogP contribution is -2.34. The zero-order chi connectivity index (χ0) is 22.9. The lowest BCUT2D eigenvalue weighted by Gasteiger charge is -2.24. The van der Waals surface area contributed by atoms with Gasteiger partial charge in [0.15, 0.2) is 0 Å². The first kappa shape index (κ1) is 22.2. The predicted octanol–water partition coefficient (Wildman–Crippen LogP) is 6.81. The summed E-state index contributed by atoms with van der Waals surface area (Å²) in [5, 5.41) is 3.06. The van der Waals surface area contributed by atoms with Crippen LogP contribution in [0.1, 0.15) is 22.3 Å². The molecule has 0 unspecified atom stereocenters. The molecule has 4 rings (SSSR count). The highest BCUT2D eigenvalue weighted by atomic mass is 16.5. The van der Waals surface area contributed by atoms with Crippen molar-refractivity contribution in [1.29, 1.82) is 0 Å². The molecule has 0 bridgehead atoms. The molecule has 0 saturated heterocycles. The van der Waals surface area contributed by atoms with Crippen LogP contribution in [0.4, 0.5) is 10.5 Å². The first-order valence-corrected chi connectivity index (χ1v) is 11.1. The van der Waals surface area contributed by atoms with E-state index < -0.39 is 0 Å². The molecular weight excluding hydrogens is 408 g/mol. The Hall–Kier alpha value is -4.05. The minimum Gasteiger partial charge on any atom is -0.489 e. The monoisotopic (exact) mass is 436 g/mol. The van der Waals surface area contributed by atoms with Crippen LogP contribution in [0.2, 0.25) is 0 Å². The van der Waals surface area contributed by atoms with Crippen LogP contribution in [0.25, 0.3) is 0 Å². The molecule has 1 N–H and O–H groups in total. The van der Waals surface area contributed by atoms with E-state index in [1.54, 1.807) is 0 Å². The summed E-state index contributed by atoms with van der Waals surface area (Å²) in [6, 6.07) is 35.8. The largest absolute Gasteiger partial charge is 0.489 e. The van der Waals surface area contributed by atoms with E-state index in [1.165, 1.54) is 0 Å². The first-order chi connectivity index (χ1) is 16.2. The molecule has 0 aliphatic heterocycles. The SMILES string of the molecule is Cc1ccccc1NC(=O)N(Cc1ccccc1)Cc1ccc(OCc2ccccc2)cc1.